The van der Waals surface area contributed by atoms with Crippen molar-refractivity contribution in [2.24, 2.45) is 0 Å². The summed E-state index contributed by atoms with van der Waals surface area (Å²) in [6.45, 7) is 1.66. The van der Waals surface area contributed by atoms with Crippen molar-refractivity contribution in [1.82, 2.24) is 4.73 Å². The summed E-state index contributed by atoms with van der Waals surface area (Å²) in [5, 5.41) is 29.1. The molecule has 0 bridgehead atoms. The summed E-state index contributed by atoms with van der Waals surface area (Å²) in [6, 6.07) is 2.54. The molecule has 5 unspecified atom stereocenters. The van der Waals surface area contributed by atoms with Crippen molar-refractivity contribution in [3.8, 4) is 11.8 Å². The molecule has 0 saturated carbocycles. The number of aromatic hydroxyl groups is 2. The van der Waals surface area contributed by atoms with Gasteiger partial charge >= 0.3 is 0 Å². The first kappa shape index (κ1) is 14.9. The number of nitrogens with zero attached hydrogens (tertiary/aromatic N) is 1. The molecule has 2 heterocycles. The quantitative estimate of drug-likeness (QED) is 0.684. The molecular weight excluding hydrogens is 270 g/mol. The van der Waals surface area contributed by atoms with E-state index in [9.17, 15) is 15.3 Å². The lowest BCUT2D eigenvalue weighted by molar-refractivity contribution is -0.302. The van der Waals surface area contributed by atoms with E-state index in [-0.39, 0.29) is 11.8 Å². The molecule has 2 rings (SSSR count). The highest BCUT2D eigenvalue weighted by Gasteiger charge is 2.46. The Balaban J connectivity index is 2.21. The molecular formula is C12H19NO7. The minimum Gasteiger partial charge on any atom is -0.492 e. The Kier molecular flexibility index (Phi) is 4.39. The third-order valence-corrected chi connectivity index (χ3v) is 3.31. The number of ether oxygens (including phenoxy) is 3. The molecule has 0 amide bonds. The van der Waals surface area contributed by atoms with Crippen LogP contribution < -0.4 is 4.84 Å². The van der Waals surface area contributed by atoms with Crippen molar-refractivity contribution in [2.45, 2.75) is 37.6 Å². The highest BCUT2D eigenvalue weighted by molar-refractivity contribution is 5.22. The van der Waals surface area contributed by atoms with E-state index >= 15 is 0 Å². The zero-order chi connectivity index (χ0) is 14.9. The number of aliphatic hydroxyl groups excluding tert-OH is 1. The molecule has 20 heavy (non-hydrogen) atoms. The Bertz CT molecular complexity index is 430. The van der Waals surface area contributed by atoms with Crippen LogP contribution in [0.15, 0.2) is 12.1 Å². The number of methoxy groups -OCH3 is 2. The van der Waals surface area contributed by atoms with Gasteiger partial charge in [-0.05, 0) is 6.92 Å². The van der Waals surface area contributed by atoms with Crippen molar-refractivity contribution in [3.63, 3.8) is 0 Å². The van der Waals surface area contributed by atoms with Crippen LogP contribution in [0.1, 0.15) is 6.92 Å². The molecule has 1 aliphatic rings. The molecule has 0 radical (unpaired) electrons. The highest BCUT2D eigenvalue weighted by Crippen LogP contribution is 2.27. The smallest absolute Gasteiger partial charge is 0.254 e. The van der Waals surface area contributed by atoms with Gasteiger partial charge in [0.15, 0.2) is 6.10 Å². The van der Waals surface area contributed by atoms with Crippen LogP contribution in [-0.2, 0) is 14.2 Å². The molecule has 0 aliphatic carbocycles. The number of rotatable bonds is 4. The molecule has 1 fully saturated rings. The topological polar surface area (TPSA) is 103 Å². The summed E-state index contributed by atoms with van der Waals surface area (Å²) >= 11 is 0. The second kappa shape index (κ2) is 5.88. The first-order valence-electron chi connectivity index (χ1n) is 6.15. The minimum atomic E-state index is -0.965. The Morgan fingerprint density at radius 1 is 1.10 bits per heavy atom. The summed E-state index contributed by atoms with van der Waals surface area (Å²) < 4.78 is 16.8. The van der Waals surface area contributed by atoms with E-state index in [4.69, 9.17) is 19.0 Å². The minimum absolute atomic E-state index is 0.284. The Morgan fingerprint density at radius 2 is 1.65 bits per heavy atom. The average molecular weight is 289 g/mol. The first-order chi connectivity index (χ1) is 9.49. The predicted molar refractivity (Wildman–Crippen MR) is 66.3 cm³/mol. The van der Waals surface area contributed by atoms with Crippen molar-refractivity contribution < 1.29 is 34.4 Å². The zero-order valence-corrected chi connectivity index (χ0v) is 11.5. The van der Waals surface area contributed by atoms with Crippen LogP contribution in [-0.4, -0.2) is 65.0 Å². The van der Waals surface area contributed by atoms with E-state index in [1.54, 1.807) is 6.92 Å². The fraction of sp³-hybridized carbons (Fsp3) is 0.667. The van der Waals surface area contributed by atoms with Gasteiger partial charge in [0.1, 0.15) is 12.2 Å². The van der Waals surface area contributed by atoms with Gasteiger partial charge in [0, 0.05) is 26.4 Å². The van der Waals surface area contributed by atoms with E-state index < -0.39 is 30.7 Å². The van der Waals surface area contributed by atoms with E-state index in [1.807, 2.05) is 0 Å². The van der Waals surface area contributed by atoms with Crippen LogP contribution in [0.3, 0.4) is 0 Å². The highest BCUT2D eigenvalue weighted by atomic mass is 16.8. The van der Waals surface area contributed by atoms with Gasteiger partial charge in [-0.15, -0.1) is 4.73 Å². The van der Waals surface area contributed by atoms with Crippen LogP contribution in [0.5, 0.6) is 11.8 Å². The van der Waals surface area contributed by atoms with Gasteiger partial charge in [0.25, 0.3) is 6.29 Å². The maximum absolute atomic E-state index is 10.0. The summed E-state index contributed by atoms with van der Waals surface area (Å²) in [6.07, 6.45) is -3.79. The molecule has 8 nitrogen and oxygen atoms in total. The fourth-order valence-electron chi connectivity index (χ4n) is 2.20. The molecule has 1 saturated heterocycles. The maximum atomic E-state index is 10.0. The van der Waals surface area contributed by atoms with Gasteiger partial charge in [0.2, 0.25) is 11.8 Å². The van der Waals surface area contributed by atoms with Crippen LogP contribution >= 0.6 is 0 Å². The van der Waals surface area contributed by atoms with Crippen molar-refractivity contribution in [1.29, 1.82) is 0 Å². The Labute approximate surface area is 116 Å². The number of hydrogen-bond acceptors (Lipinski definition) is 7. The summed E-state index contributed by atoms with van der Waals surface area (Å²) in [5.41, 5.74) is 0. The molecule has 1 aromatic heterocycles. The van der Waals surface area contributed by atoms with Crippen molar-refractivity contribution >= 4 is 0 Å². The van der Waals surface area contributed by atoms with Gasteiger partial charge in [-0.25, -0.2) is 0 Å². The van der Waals surface area contributed by atoms with Gasteiger partial charge < -0.3 is 34.4 Å². The van der Waals surface area contributed by atoms with Gasteiger partial charge in [-0.2, -0.15) is 0 Å². The lowest BCUT2D eigenvalue weighted by Gasteiger charge is -2.41. The van der Waals surface area contributed by atoms with Crippen molar-refractivity contribution in [2.75, 3.05) is 14.2 Å². The fourth-order valence-corrected chi connectivity index (χ4v) is 2.20. The molecule has 1 aliphatic heterocycles. The summed E-state index contributed by atoms with van der Waals surface area (Å²) in [4.78, 5) is 5.39. The molecule has 0 spiro atoms. The van der Waals surface area contributed by atoms with Crippen LogP contribution in [0.4, 0.5) is 0 Å². The largest absolute Gasteiger partial charge is 0.492 e. The number of aliphatic hydroxyl groups is 1. The normalized spacial score (nSPS) is 34.1. The monoisotopic (exact) mass is 289 g/mol. The van der Waals surface area contributed by atoms with Crippen LogP contribution in [0.25, 0.3) is 0 Å². The second-order valence-electron chi connectivity index (χ2n) is 4.55. The Morgan fingerprint density at radius 3 is 2.15 bits per heavy atom. The lowest BCUT2D eigenvalue weighted by Crippen LogP contribution is -2.60. The standard InChI is InChI=1S/C12H19NO7/c1-6-9(16)10(17-2)11(18-3)12(19-6)20-13-7(14)4-5-8(13)15/h4-6,9-12,14-16H,1-3H3. The Hall–Kier alpha value is -1.48. The summed E-state index contributed by atoms with van der Waals surface area (Å²) in [7, 11) is 2.87. The lowest BCUT2D eigenvalue weighted by atomic mass is 10.00. The van der Waals surface area contributed by atoms with Gasteiger partial charge in [0.05, 0.1) is 6.10 Å². The SMILES string of the molecule is COC1C(On2c(O)ccc2O)OC(C)C(O)C1OC. The average Bonchev–Trinajstić information content (AvgIpc) is 2.74. The summed E-state index contributed by atoms with van der Waals surface area (Å²) in [5.74, 6) is -0.567. The number of hydrogen-bond donors (Lipinski definition) is 3. The van der Waals surface area contributed by atoms with E-state index in [2.05, 4.69) is 0 Å². The van der Waals surface area contributed by atoms with Gasteiger partial charge in [-0.3, -0.25) is 0 Å². The zero-order valence-electron chi connectivity index (χ0n) is 11.5. The van der Waals surface area contributed by atoms with Crippen molar-refractivity contribution in [3.05, 3.63) is 12.1 Å². The molecule has 0 aromatic carbocycles. The molecule has 3 N–H and O–H groups in total. The molecule has 1 aromatic rings. The first-order valence-corrected chi connectivity index (χ1v) is 6.15. The van der Waals surface area contributed by atoms with E-state index in [1.165, 1.54) is 26.4 Å². The van der Waals surface area contributed by atoms with Crippen LogP contribution in [0, 0.1) is 0 Å². The second-order valence-corrected chi connectivity index (χ2v) is 4.55. The third kappa shape index (κ3) is 2.55. The van der Waals surface area contributed by atoms with Crippen LogP contribution in [0.2, 0.25) is 0 Å². The molecule has 5 atom stereocenters. The maximum Gasteiger partial charge on any atom is 0.254 e. The third-order valence-electron chi connectivity index (χ3n) is 3.31. The number of aromatic nitrogens is 1. The van der Waals surface area contributed by atoms with E-state index in [0.717, 1.165) is 4.73 Å². The molecule has 114 valence electrons. The van der Waals surface area contributed by atoms with E-state index in [0.29, 0.717) is 0 Å². The predicted octanol–water partition coefficient (Wildman–Crippen LogP) is -0.536. The van der Waals surface area contributed by atoms with Gasteiger partial charge in [-0.1, -0.05) is 0 Å². The molecule has 8 heteroatoms.